The Balaban J connectivity index is 1.32. The number of benzene rings is 3. The second-order valence-corrected chi connectivity index (χ2v) is 11.0. The van der Waals surface area contributed by atoms with E-state index < -0.39 is 0 Å². The third kappa shape index (κ3) is 3.22. The minimum Gasteiger partial charge on any atom is -0.0767 e. The van der Waals surface area contributed by atoms with Gasteiger partial charge in [-0.05, 0) is 83.8 Å². The molecule has 0 heterocycles. The molecule has 2 atom stereocenters. The topological polar surface area (TPSA) is 0 Å². The fraction of sp³-hybridized carbons (Fsp3) is 0.241. The van der Waals surface area contributed by atoms with Crippen molar-refractivity contribution in [2.45, 2.75) is 45.6 Å². The highest BCUT2D eigenvalue weighted by Crippen LogP contribution is 2.39. The molecular formula is C29H30Si. The van der Waals surface area contributed by atoms with Crippen LogP contribution in [0.2, 0.25) is 6.04 Å². The average molecular weight is 407 g/mol. The summed E-state index contributed by atoms with van der Waals surface area (Å²) in [5, 5.41) is 1.58. The fourth-order valence-electron chi connectivity index (χ4n) is 5.39. The molecular weight excluding hydrogens is 376 g/mol. The Bertz CT molecular complexity index is 1180. The average Bonchev–Trinajstić information content (AvgIpc) is 3.39. The minimum atomic E-state index is -0.289. The van der Waals surface area contributed by atoms with Crippen molar-refractivity contribution in [2.24, 2.45) is 0 Å². The van der Waals surface area contributed by atoms with Crippen LogP contribution in [0.25, 0.3) is 12.2 Å². The van der Waals surface area contributed by atoms with E-state index in [1.165, 1.54) is 50.6 Å². The van der Waals surface area contributed by atoms with Gasteiger partial charge in [0.2, 0.25) is 0 Å². The van der Waals surface area contributed by atoms with Gasteiger partial charge in [0.05, 0.1) is 9.52 Å². The molecule has 0 N–H and O–H groups in total. The Morgan fingerprint density at radius 1 is 0.633 bits per heavy atom. The zero-order valence-electron chi connectivity index (χ0n) is 18.5. The molecule has 0 bridgehead atoms. The summed E-state index contributed by atoms with van der Waals surface area (Å²) in [6.45, 7) is 8.97. The van der Waals surface area contributed by atoms with Crippen LogP contribution < -0.4 is 5.19 Å². The van der Waals surface area contributed by atoms with Crippen LogP contribution in [-0.2, 0) is 0 Å². The molecule has 0 aliphatic heterocycles. The van der Waals surface area contributed by atoms with Gasteiger partial charge in [-0.25, -0.2) is 0 Å². The summed E-state index contributed by atoms with van der Waals surface area (Å²) in [5.41, 5.74) is 13.1. The van der Waals surface area contributed by atoms with Crippen molar-refractivity contribution in [1.29, 1.82) is 0 Å². The highest BCUT2D eigenvalue weighted by atomic mass is 28.2. The highest BCUT2D eigenvalue weighted by Gasteiger charge is 2.23. The van der Waals surface area contributed by atoms with Gasteiger partial charge >= 0.3 is 0 Å². The minimum absolute atomic E-state index is 0.289. The number of hydrogen-bond donors (Lipinski definition) is 0. The number of hydrogen-bond acceptors (Lipinski definition) is 0. The van der Waals surface area contributed by atoms with Gasteiger partial charge in [-0.15, -0.1) is 0 Å². The number of rotatable bonds is 4. The SMILES string of the molecule is Cc1ccc(C)c2c1C=CC2C[SiH2]c1ccc(C2C=Cc3c(C)ccc(C)c32)cc1. The molecule has 3 aromatic carbocycles. The zero-order valence-corrected chi connectivity index (χ0v) is 19.9. The summed E-state index contributed by atoms with van der Waals surface area (Å²) in [6, 6.07) is 19.9. The highest BCUT2D eigenvalue weighted by molar-refractivity contribution is 6.53. The third-order valence-corrected chi connectivity index (χ3v) is 9.12. The van der Waals surface area contributed by atoms with Crippen molar-refractivity contribution in [1.82, 2.24) is 0 Å². The second-order valence-electron chi connectivity index (χ2n) is 9.14. The Morgan fingerprint density at radius 3 is 1.90 bits per heavy atom. The van der Waals surface area contributed by atoms with Gasteiger partial charge in [0.1, 0.15) is 0 Å². The summed E-state index contributed by atoms with van der Waals surface area (Å²) < 4.78 is 0. The van der Waals surface area contributed by atoms with Crippen LogP contribution in [0.4, 0.5) is 0 Å². The van der Waals surface area contributed by atoms with Crippen molar-refractivity contribution in [3.05, 3.63) is 111 Å². The van der Waals surface area contributed by atoms with E-state index in [0.717, 1.165) is 0 Å². The maximum atomic E-state index is 2.44. The normalized spacial score (nSPS) is 19.1. The molecule has 0 saturated heterocycles. The van der Waals surface area contributed by atoms with Gasteiger partial charge < -0.3 is 0 Å². The first-order valence-electron chi connectivity index (χ1n) is 11.2. The molecule has 5 rings (SSSR count). The van der Waals surface area contributed by atoms with Crippen LogP contribution in [0, 0.1) is 27.7 Å². The quantitative estimate of drug-likeness (QED) is 0.459. The predicted molar refractivity (Wildman–Crippen MR) is 134 cm³/mol. The first-order valence-corrected chi connectivity index (χ1v) is 12.9. The maximum absolute atomic E-state index is 2.44. The molecule has 1 heteroatoms. The van der Waals surface area contributed by atoms with Crippen LogP contribution in [0.15, 0.2) is 60.7 Å². The van der Waals surface area contributed by atoms with Crippen LogP contribution >= 0.6 is 0 Å². The summed E-state index contributed by atoms with van der Waals surface area (Å²) in [7, 11) is -0.289. The predicted octanol–water partition coefficient (Wildman–Crippen LogP) is 6.10. The number of allylic oxidation sites excluding steroid dienone is 2. The lowest BCUT2D eigenvalue weighted by molar-refractivity contribution is 0.963. The molecule has 0 spiro atoms. The van der Waals surface area contributed by atoms with Gasteiger partial charge in [-0.3, -0.25) is 0 Å². The van der Waals surface area contributed by atoms with Crippen molar-refractivity contribution < 1.29 is 0 Å². The summed E-state index contributed by atoms with van der Waals surface area (Å²) in [5.74, 6) is 1.02. The van der Waals surface area contributed by atoms with E-state index in [0.29, 0.717) is 11.8 Å². The standard InChI is InChI=1S/C29H30Si/c1-18-5-7-20(3)28-23(11-14-25(18)28)17-30-24-12-9-22(10-13-24)27-16-15-26-19(2)6-8-21(4)29(26)27/h5-16,23,27H,17,30H2,1-4H3. The molecule has 2 aliphatic rings. The van der Waals surface area contributed by atoms with Gasteiger partial charge in [0.15, 0.2) is 0 Å². The molecule has 0 nitrogen and oxygen atoms in total. The van der Waals surface area contributed by atoms with E-state index in [1.54, 1.807) is 10.8 Å². The lowest BCUT2D eigenvalue weighted by atomic mass is 9.88. The summed E-state index contributed by atoms with van der Waals surface area (Å²) in [4.78, 5) is 0. The Kier molecular flexibility index (Phi) is 4.87. The summed E-state index contributed by atoms with van der Waals surface area (Å²) in [6.07, 6.45) is 9.49. The summed E-state index contributed by atoms with van der Waals surface area (Å²) >= 11 is 0. The molecule has 0 amide bonds. The smallest absolute Gasteiger partial charge is 0.0556 e. The Labute approximate surface area is 183 Å². The monoisotopic (exact) mass is 406 g/mol. The molecule has 2 aliphatic carbocycles. The molecule has 2 unspecified atom stereocenters. The number of fused-ring (bicyclic) bond motifs is 2. The van der Waals surface area contributed by atoms with E-state index in [1.807, 2.05) is 0 Å². The van der Waals surface area contributed by atoms with Crippen molar-refractivity contribution >= 4 is 26.9 Å². The van der Waals surface area contributed by atoms with Crippen LogP contribution in [0.1, 0.15) is 61.9 Å². The lowest BCUT2D eigenvalue weighted by Gasteiger charge is -2.17. The van der Waals surface area contributed by atoms with Crippen molar-refractivity contribution in [3.8, 4) is 0 Å². The van der Waals surface area contributed by atoms with Crippen LogP contribution in [0.5, 0.6) is 0 Å². The molecule has 0 saturated carbocycles. The number of aryl methyl sites for hydroxylation is 4. The van der Waals surface area contributed by atoms with Crippen LogP contribution in [0.3, 0.4) is 0 Å². The lowest BCUT2D eigenvalue weighted by Crippen LogP contribution is -2.16. The molecule has 3 aromatic rings. The Hall–Kier alpha value is -2.64. The second kappa shape index (κ2) is 7.56. The molecule has 30 heavy (non-hydrogen) atoms. The van der Waals surface area contributed by atoms with E-state index in [-0.39, 0.29) is 9.52 Å². The first kappa shape index (κ1) is 19.3. The molecule has 0 fully saturated rings. The molecule has 150 valence electrons. The van der Waals surface area contributed by atoms with E-state index in [2.05, 4.69) is 101 Å². The molecule has 0 radical (unpaired) electrons. The van der Waals surface area contributed by atoms with E-state index >= 15 is 0 Å². The first-order chi connectivity index (χ1) is 14.5. The van der Waals surface area contributed by atoms with E-state index in [9.17, 15) is 0 Å². The van der Waals surface area contributed by atoms with Crippen molar-refractivity contribution in [3.63, 3.8) is 0 Å². The van der Waals surface area contributed by atoms with Crippen LogP contribution in [-0.4, -0.2) is 9.52 Å². The molecule has 0 aromatic heterocycles. The maximum Gasteiger partial charge on any atom is 0.0556 e. The van der Waals surface area contributed by atoms with Crippen molar-refractivity contribution in [2.75, 3.05) is 0 Å². The Morgan fingerprint density at radius 2 is 1.20 bits per heavy atom. The third-order valence-electron chi connectivity index (χ3n) is 7.16. The van der Waals surface area contributed by atoms with Gasteiger partial charge in [0.25, 0.3) is 0 Å². The largest absolute Gasteiger partial charge is 0.0767 e. The zero-order chi connectivity index (χ0) is 20.8. The van der Waals surface area contributed by atoms with E-state index in [4.69, 9.17) is 0 Å². The van der Waals surface area contributed by atoms with Gasteiger partial charge in [-0.1, -0.05) is 78.0 Å². The fourth-order valence-corrected chi connectivity index (χ4v) is 7.08. The van der Waals surface area contributed by atoms with Gasteiger partial charge in [0, 0.05) is 11.8 Å². The van der Waals surface area contributed by atoms with Gasteiger partial charge in [-0.2, -0.15) is 0 Å².